The minimum atomic E-state index is 0.109. The molecular weight excluding hydrogens is 242 g/mol. The quantitative estimate of drug-likeness (QED) is 0.830. The van der Waals surface area contributed by atoms with E-state index in [1.165, 1.54) is 20.2 Å². The van der Waals surface area contributed by atoms with E-state index in [1.807, 2.05) is 18.7 Å². The molecule has 0 saturated heterocycles. The Balaban J connectivity index is 3.29. The molecule has 0 aliphatic heterocycles. The van der Waals surface area contributed by atoms with Crippen molar-refractivity contribution in [3.63, 3.8) is 0 Å². The van der Waals surface area contributed by atoms with Crippen molar-refractivity contribution >= 4 is 35.3 Å². The Hall–Kier alpha value is 0.230. The summed E-state index contributed by atoms with van der Waals surface area (Å²) >= 11 is 5.39. The predicted molar refractivity (Wildman–Crippen MR) is 74.4 cm³/mol. The third-order valence-electron chi connectivity index (χ3n) is 2.21. The zero-order valence-corrected chi connectivity index (χ0v) is 12.0. The van der Waals surface area contributed by atoms with E-state index in [1.54, 1.807) is 23.5 Å². The molecule has 0 aromatic heterocycles. The lowest BCUT2D eigenvalue weighted by Gasteiger charge is -2.14. The zero-order valence-electron chi connectivity index (χ0n) is 9.53. The van der Waals surface area contributed by atoms with Gasteiger partial charge in [-0.25, -0.2) is 0 Å². The van der Waals surface area contributed by atoms with E-state index in [2.05, 4.69) is 30.9 Å². The van der Waals surface area contributed by atoms with Crippen molar-refractivity contribution < 1.29 is 0 Å². The van der Waals surface area contributed by atoms with E-state index in [4.69, 9.17) is 5.73 Å². The summed E-state index contributed by atoms with van der Waals surface area (Å²) in [5, 5.41) is 0. The van der Waals surface area contributed by atoms with Crippen LogP contribution in [0.15, 0.2) is 26.8 Å². The molecule has 0 heterocycles. The van der Waals surface area contributed by atoms with E-state index >= 15 is 0 Å². The van der Waals surface area contributed by atoms with Gasteiger partial charge in [0, 0.05) is 20.7 Å². The normalized spacial score (nSPS) is 12.9. The molecule has 1 atom stereocenters. The molecule has 0 bridgehead atoms. The van der Waals surface area contributed by atoms with Crippen LogP contribution in [-0.2, 0) is 0 Å². The Kier molecular flexibility index (Phi) is 5.39. The minimum absolute atomic E-state index is 0.109. The maximum absolute atomic E-state index is 5.93. The maximum atomic E-state index is 5.93. The van der Waals surface area contributed by atoms with Gasteiger partial charge in [0.05, 0.1) is 0 Å². The van der Waals surface area contributed by atoms with Crippen LogP contribution in [0.5, 0.6) is 0 Å². The number of rotatable bonds is 4. The molecule has 0 fully saturated rings. The summed E-state index contributed by atoms with van der Waals surface area (Å²) in [5.41, 5.74) is 7.15. The Labute approximate surface area is 105 Å². The summed E-state index contributed by atoms with van der Waals surface area (Å²) in [6.45, 7) is 2.03. The molecule has 2 N–H and O–H groups in total. The molecule has 0 saturated carbocycles. The topological polar surface area (TPSA) is 26.0 Å². The summed E-state index contributed by atoms with van der Waals surface area (Å²) < 4.78 is 0. The average Bonchev–Trinajstić information content (AvgIpc) is 2.26. The van der Waals surface area contributed by atoms with Gasteiger partial charge in [0.1, 0.15) is 0 Å². The predicted octanol–water partition coefficient (Wildman–Crippen LogP) is 3.87. The van der Waals surface area contributed by atoms with Crippen LogP contribution in [-0.4, -0.2) is 18.8 Å². The van der Waals surface area contributed by atoms with Crippen LogP contribution < -0.4 is 5.73 Å². The van der Waals surface area contributed by atoms with E-state index in [0.717, 1.165) is 0 Å². The molecule has 1 aromatic carbocycles. The van der Waals surface area contributed by atoms with Gasteiger partial charge in [0.25, 0.3) is 0 Å². The van der Waals surface area contributed by atoms with Gasteiger partial charge in [-0.1, -0.05) is 0 Å². The van der Waals surface area contributed by atoms with Crippen molar-refractivity contribution in [1.29, 1.82) is 0 Å². The molecule has 0 spiro atoms. The molecule has 0 radical (unpaired) electrons. The molecule has 15 heavy (non-hydrogen) atoms. The van der Waals surface area contributed by atoms with Crippen LogP contribution >= 0.6 is 35.3 Å². The summed E-state index contributed by atoms with van der Waals surface area (Å²) in [6, 6.07) is 4.53. The van der Waals surface area contributed by atoms with Crippen LogP contribution in [0.3, 0.4) is 0 Å². The number of hydrogen-bond acceptors (Lipinski definition) is 4. The molecule has 0 amide bonds. The fraction of sp³-hybridized carbons (Fsp3) is 0.455. The third kappa shape index (κ3) is 3.09. The molecule has 4 heteroatoms. The molecule has 1 unspecified atom stereocenters. The maximum Gasteiger partial charge on any atom is 0.0341 e. The van der Waals surface area contributed by atoms with E-state index in [0.29, 0.717) is 0 Å². The first-order valence-electron chi connectivity index (χ1n) is 4.69. The largest absolute Gasteiger partial charge is 0.324 e. The van der Waals surface area contributed by atoms with Crippen molar-refractivity contribution in [3.05, 3.63) is 17.7 Å². The molecule has 0 aliphatic rings. The van der Waals surface area contributed by atoms with E-state index in [-0.39, 0.29) is 6.04 Å². The van der Waals surface area contributed by atoms with Gasteiger partial charge in [-0.15, -0.1) is 35.3 Å². The number of thioether (sulfide) groups is 3. The van der Waals surface area contributed by atoms with Crippen molar-refractivity contribution in [3.8, 4) is 0 Å². The van der Waals surface area contributed by atoms with Crippen LogP contribution in [0.4, 0.5) is 0 Å². The zero-order chi connectivity index (χ0) is 11.4. The van der Waals surface area contributed by atoms with Crippen molar-refractivity contribution in [2.45, 2.75) is 27.7 Å². The molecular formula is C11H17NS3. The van der Waals surface area contributed by atoms with Crippen LogP contribution in [0, 0.1) is 0 Å². The van der Waals surface area contributed by atoms with Crippen LogP contribution in [0.2, 0.25) is 0 Å². The highest BCUT2D eigenvalue weighted by Gasteiger charge is 2.10. The first-order chi connectivity index (χ1) is 7.13. The molecule has 1 rings (SSSR count). The van der Waals surface area contributed by atoms with Crippen molar-refractivity contribution in [2.24, 2.45) is 5.73 Å². The second-order valence-electron chi connectivity index (χ2n) is 3.25. The highest BCUT2D eigenvalue weighted by atomic mass is 32.2. The van der Waals surface area contributed by atoms with Gasteiger partial charge < -0.3 is 5.73 Å². The van der Waals surface area contributed by atoms with Crippen LogP contribution in [0.1, 0.15) is 18.5 Å². The minimum Gasteiger partial charge on any atom is -0.324 e. The molecule has 0 aliphatic carbocycles. The summed E-state index contributed by atoms with van der Waals surface area (Å²) in [7, 11) is 0. The highest BCUT2D eigenvalue weighted by Crippen LogP contribution is 2.38. The van der Waals surface area contributed by atoms with E-state index in [9.17, 15) is 0 Å². The van der Waals surface area contributed by atoms with E-state index < -0.39 is 0 Å². The monoisotopic (exact) mass is 259 g/mol. The van der Waals surface area contributed by atoms with Gasteiger partial charge >= 0.3 is 0 Å². The number of benzene rings is 1. The molecule has 1 aromatic rings. The SMILES string of the molecule is CSc1cc(C(C)N)cc(SC)c1SC. The molecule has 1 nitrogen and oxygen atoms in total. The lowest BCUT2D eigenvalue weighted by atomic mass is 10.1. The molecule has 84 valence electrons. The lowest BCUT2D eigenvalue weighted by Crippen LogP contribution is -2.05. The average molecular weight is 259 g/mol. The Morgan fingerprint density at radius 3 is 1.73 bits per heavy atom. The van der Waals surface area contributed by atoms with Gasteiger partial charge in [-0.05, 0) is 43.4 Å². The fourth-order valence-electron chi connectivity index (χ4n) is 1.36. The van der Waals surface area contributed by atoms with Gasteiger partial charge in [0.2, 0.25) is 0 Å². The van der Waals surface area contributed by atoms with Crippen molar-refractivity contribution in [1.82, 2.24) is 0 Å². The number of nitrogens with two attached hydrogens (primary N) is 1. The fourth-order valence-corrected chi connectivity index (χ4v) is 4.05. The first-order valence-corrected chi connectivity index (χ1v) is 8.37. The first kappa shape index (κ1) is 13.3. The van der Waals surface area contributed by atoms with Gasteiger partial charge in [-0.3, -0.25) is 0 Å². The lowest BCUT2D eigenvalue weighted by molar-refractivity contribution is 0.804. The summed E-state index contributed by atoms with van der Waals surface area (Å²) in [4.78, 5) is 4.04. The standard InChI is InChI=1S/C11H17NS3/c1-7(12)8-5-9(13-2)11(15-4)10(6-8)14-3/h5-7H,12H2,1-4H3. The third-order valence-corrected chi connectivity index (χ3v) is 4.84. The Bertz CT molecular complexity index is 312. The number of hydrogen-bond donors (Lipinski definition) is 1. The van der Waals surface area contributed by atoms with Crippen LogP contribution in [0.25, 0.3) is 0 Å². The highest BCUT2D eigenvalue weighted by molar-refractivity contribution is 8.03. The Morgan fingerprint density at radius 1 is 1.00 bits per heavy atom. The second kappa shape index (κ2) is 6.09. The van der Waals surface area contributed by atoms with Gasteiger partial charge in [-0.2, -0.15) is 0 Å². The summed E-state index contributed by atoms with van der Waals surface area (Å²) in [6.07, 6.45) is 6.36. The van der Waals surface area contributed by atoms with Crippen molar-refractivity contribution in [2.75, 3.05) is 18.8 Å². The smallest absolute Gasteiger partial charge is 0.0341 e. The Morgan fingerprint density at radius 2 is 1.47 bits per heavy atom. The second-order valence-corrected chi connectivity index (χ2v) is 5.76. The van der Waals surface area contributed by atoms with Gasteiger partial charge in [0.15, 0.2) is 0 Å². The summed E-state index contributed by atoms with van der Waals surface area (Å²) in [5.74, 6) is 0.